The van der Waals surface area contributed by atoms with Crippen LogP contribution in [-0.2, 0) is 6.54 Å². The molecule has 0 atom stereocenters. The van der Waals surface area contributed by atoms with Crippen LogP contribution in [0.3, 0.4) is 0 Å². The fourth-order valence-corrected chi connectivity index (χ4v) is 1.87. The first-order chi connectivity index (χ1) is 7.63. The van der Waals surface area contributed by atoms with E-state index in [0.29, 0.717) is 5.02 Å². The summed E-state index contributed by atoms with van der Waals surface area (Å²) in [6.07, 6.45) is 3.76. The fourth-order valence-electron chi connectivity index (χ4n) is 1.67. The van der Waals surface area contributed by atoms with Crippen molar-refractivity contribution in [1.29, 1.82) is 0 Å². The molecule has 0 aliphatic rings. The topological polar surface area (TPSA) is 23.5 Å². The van der Waals surface area contributed by atoms with Gasteiger partial charge in [0, 0.05) is 6.54 Å². The third-order valence-electron chi connectivity index (χ3n) is 2.61. The van der Waals surface area contributed by atoms with E-state index in [1.807, 2.05) is 12.1 Å². The molecule has 0 unspecified atom stereocenters. The Hall–Kier alpha value is -0.730. The molecule has 0 saturated heterocycles. The van der Waals surface area contributed by atoms with E-state index in [-0.39, 0.29) is 5.75 Å². The molecule has 0 bridgehead atoms. The number of hydrogen-bond donors (Lipinski definition) is 1. The molecule has 1 aromatic carbocycles. The molecule has 16 heavy (non-hydrogen) atoms. The van der Waals surface area contributed by atoms with Crippen LogP contribution in [-0.4, -0.2) is 23.6 Å². The number of phenols is 1. The van der Waals surface area contributed by atoms with Crippen LogP contribution in [0.2, 0.25) is 5.02 Å². The molecule has 0 amide bonds. The number of unbranched alkanes of at least 4 members (excludes halogenated alkanes) is 2. The number of rotatable bonds is 6. The summed E-state index contributed by atoms with van der Waals surface area (Å²) >= 11 is 5.86. The molecule has 0 saturated carbocycles. The monoisotopic (exact) mass is 241 g/mol. The molecule has 2 nitrogen and oxygen atoms in total. The van der Waals surface area contributed by atoms with Crippen molar-refractivity contribution in [1.82, 2.24) is 4.90 Å². The summed E-state index contributed by atoms with van der Waals surface area (Å²) in [5.74, 6) is 0.152. The predicted molar refractivity (Wildman–Crippen MR) is 69.0 cm³/mol. The Kier molecular flexibility index (Phi) is 5.64. The Balaban J connectivity index is 2.43. The van der Waals surface area contributed by atoms with Crippen LogP contribution >= 0.6 is 11.6 Å². The average molecular weight is 242 g/mol. The van der Waals surface area contributed by atoms with Crippen molar-refractivity contribution in [2.24, 2.45) is 0 Å². The molecule has 0 heterocycles. The first-order valence-corrected chi connectivity index (χ1v) is 6.17. The lowest BCUT2D eigenvalue weighted by atomic mass is 10.2. The van der Waals surface area contributed by atoms with Gasteiger partial charge in [-0.1, -0.05) is 37.4 Å². The molecule has 0 aliphatic carbocycles. The highest BCUT2D eigenvalue weighted by molar-refractivity contribution is 6.32. The zero-order valence-electron chi connectivity index (χ0n) is 10.0. The van der Waals surface area contributed by atoms with Gasteiger partial charge in [0.2, 0.25) is 0 Å². The number of nitrogens with zero attached hydrogens (tertiary/aromatic N) is 1. The lowest BCUT2D eigenvalue weighted by Crippen LogP contribution is -2.18. The maximum atomic E-state index is 9.31. The third-order valence-corrected chi connectivity index (χ3v) is 2.91. The van der Waals surface area contributed by atoms with Crippen molar-refractivity contribution < 1.29 is 5.11 Å². The second-order valence-corrected chi connectivity index (χ2v) is 4.64. The third kappa shape index (κ3) is 4.42. The van der Waals surface area contributed by atoms with E-state index in [1.165, 1.54) is 19.3 Å². The normalized spacial score (nSPS) is 11.0. The lowest BCUT2D eigenvalue weighted by Gasteiger charge is -2.16. The van der Waals surface area contributed by atoms with Gasteiger partial charge in [0.1, 0.15) is 5.75 Å². The zero-order valence-corrected chi connectivity index (χ0v) is 10.8. The van der Waals surface area contributed by atoms with E-state index in [0.717, 1.165) is 18.7 Å². The van der Waals surface area contributed by atoms with E-state index >= 15 is 0 Å². The van der Waals surface area contributed by atoms with Crippen LogP contribution in [0.4, 0.5) is 0 Å². The van der Waals surface area contributed by atoms with Crippen LogP contribution in [0.1, 0.15) is 31.7 Å². The molecule has 90 valence electrons. The summed E-state index contributed by atoms with van der Waals surface area (Å²) in [6.45, 7) is 4.19. The maximum Gasteiger partial charge on any atom is 0.134 e. The van der Waals surface area contributed by atoms with Gasteiger partial charge in [-0.3, -0.25) is 0 Å². The van der Waals surface area contributed by atoms with Crippen LogP contribution in [0.5, 0.6) is 5.75 Å². The Labute approximate surface area is 103 Å². The lowest BCUT2D eigenvalue weighted by molar-refractivity contribution is 0.318. The van der Waals surface area contributed by atoms with Crippen LogP contribution in [0, 0.1) is 0 Å². The Morgan fingerprint density at radius 2 is 2.06 bits per heavy atom. The molecular formula is C13H20ClNO. The van der Waals surface area contributed by atoms with Gasteiger partial charge in [0.25, 0.3) is 0 Å². The molecule has 0 spiro atoms. The number of hydrogen-bond acceptors (Lipinski definition) is 2. The van der Waals surface area contributed by atoms with Crippen molar-refractivity contribution in [3.8, 4) is 5.75 Å². The van der Waals surface area contributed by atoms with Gasteiger partial charge < -0.3 is 10.0 Å². The molecule has 0 fully saturated rings. The Bertz CT molecular complexity index is 328. The standard InChI is InChI=1S/C13H20ClNO/c1-3-4-5-8-15(2)10-11-6-7-13(16)12(14)9-11/h6-7,9,16H,3-5,8,10H2,1-2H3. The Morgan fingerprint density at radius 1 is 1.31 bits per heavy atom. The number of benzene rings is 1. The van der Waals surface area contributed by atoms with Crippen molar-refractivity contribution in [2.75, 3.05) is 13.6 Å². The van der Waals surface area contributed by atoms with Crippen molar-refractivity contribution in [2.45, 2.75) is 32.7 Å². The van der Waals surface area contributed by atoms with Crippen molar-refractivity contribution >= 4 is 11.6 Å². The zero-order chi connectivity index (χ0) is 12.0. The second kappa shape index (κ2) is 6.77. The van der Waals surface area contributed by atoms with E-state index < -0.39 is 0 Å². The second-order valence-electron chi connectivity index (χ2n) is 4.23. The molecule has 1 aromatic rings. The Morgan fingerprint density at radius 3 is 2.69 bits per heavy atom. The van der Waals surface area contributed by atoms with E-state index in [1.54, 1.807) is 6.07 Å². The molecule has 1 N–H and O–H groups in total. The molecular weight excluding hydrogens is 222 g/mol. The van der Waals surface area contributed by atoms with Gasteiger partial charge in [-0.15, -0.1) is 0 Å². The highest BCUT2D eigenvalue weighted by Gasteiger charge is 2.03. The van der Waals surface area contributed by atoms with E-state index in [9.17, 15) is 5.11 Å². The van der Waals surface area contributed by atoms with E-state index in [4.69, 9.17) is 11.6 Å². The predicted octanol–water partition coefficient (Wildman–Crippen LogP) is 3.67. The minimum absolute atomic E-state index is 0.152. The highest BCUT2D eigenvalue weighted by Crippen LogP contribution is 2.24. The maximum absolute atomic E-state index is 9.31. The van der Waals surface area contributed by atoms with Crippen molar-refractivity contribution in [3.63, 3.8) is 0 Å². The molecule has 1 rings (SSSR count). The fraction of sp³-hybridized carbons (Fsp3) is 0.538. The minimum atomic E-state index is 0.152. The van der Waals surface area contributed by atoms with Crippen LogP contribution in [0.15, 0.2) is 18.2 Å². The average Bonchev–Trinajstić information content (AvgIpc) is 2.24. The summed E-state index contributed by atoms with van der Waals surface area (Å²) in [5, 5.41) is 9.74. The number of halogens is 1. The van der Waals surface area contributed by atoms with Crippen LogP contribution < -0.4 is 0 Å². The summed E-state index contributed by atoms with van der Waals surface area (Å²) in [7, 11) is 2.11. The quantitative estimate of drug-likeness (QED) is 0.769. The summed E-state index contributed by atoms with van der Waals surface area (Å²) < 4.78 is 0. The first kappa shape index (κ1) is 13.3. The molecule has 3 heteroatoms. The smallest absolute Gasteiger partial charge is 0.134 e. The van der Waals surface area contributed by atoms with E-state index in [2.05, 4.69) is 18.9 Å². The molecule has 0 aliphatic heterocycles. The first-order valence-electron chi connectivity index (χ1n) is 5.79. The van der Waals surface area contributed by atoms with Gasteiger partial charge in [-0.2, -0.15) is 0 Å². The van der Waals surface area contributed by atoms with Gasteiger partial charge >= 0.3 is 0 Å². The van der Waals surface area contributed by atoms with Crippen LogP contribution in [0.25, 0.3) is 0 Å². The molecule has 0 radical (unpaired) electrons. The summed E-state index contributed by atoms with van der Waals surface area (Å²) in [4.78, 5) is 2.28. The highest BCUT2D eigenvalue weighted by atomic mass is 35.5. The minimum Gasteiger partial charge on any atom is -0.506 e. The van der Waals surface area contributed by atoms with Gasteiger partial charge in [0.15, 0.2) is 0 Å². The molecule has 0 aromatic heterocycles. The largest absolute Gasteiger partial charge is 0.506 e. The summed E-state index contributed by atoms with van der Waals surface area (Å²) in [6, 6.07) is 5.39. The SMILES string of the molecule is CCCCCN(C)Cc1ccc(O)c(Cl)c1. The van der Waals surface area contributed by atoms with Gasteiger partial charge in [-0.25, -0.2) is 0 Å². The number of aromatic hydroxyl groups is 1. The van der Waals surface area contributed by atoms with Gasteiger partial charge in [-0.05, 0) is 37.7 Å². The van der Waals surface area contributed by atoms with Crippen molar-refractivity contribution in [3.05, 3.63) is 28.8 Å². The van der Waals surface area contributed by atoms with Gasteiger partial charge in [0.05, 0.1) is 5.02 Å². The number of phenolic OH excluding ortho intramolecular Hbond substituents is 1. The summed E-state index contributed by atoms with van der Waals surface area (Å²) in [5.41, 5.74) is 1.14.